The van der Waals surface area contributed by atoms with Gasteiger partial charge in [-0.15, -0.1) is 0 Å². The van der Waals surface area contributed by atoms with Crippen LogP contribution in [0.1, 0.15) is 25.3 Å². The van der Waals surface area contributed by atoms with Gasteiger partial charge in [0.2, 0.25) is 0 Å². The van der Waals surface area contributed by atoms with E-state index in [0.29, 0.717) is 11.6 Å². The largest absolute Gasteiger partial charge is 0.370 e. The highest BCUT2D eigenvalue weighted by Gasteiger charge is 2.30. The Hall–Kier alpha value is -3.45. The molecule has 0 radical (unpaired) electrons. The minimum Gasteiger partial charge on any atom is -0.370 e. The maximum atomic E-state index is 9.53. The van der Waals surface area contributed by atoms with Gasteiger partial charge in [0.05, 0.1) is 23.3 Å². The van der Waals surface area contributed by atoms with Gasteiger partial charge in [0.15, 0.2) is 0 Å². The molecule has 2 atom stereocenters. The Morgan fingerprint density at radius 3 is 2.41 bits per heavy atom. The highest BCUT2D eigenvalue weighted by atomic mass is 16.5. The van der Waals surface area contributed by atoms with E-state index in [2.05, 4.69) is 67.9 Å². The Kier molecular flexibility index (Phi) is 7.51. The van der Waals surface area contributed by atoms with Gasteiger partial charge in [-0.05, 0) is 56.2 Å². The van der Waals surface area contributed by atoms with Crippen LogP contribution in [0.15, 0.2) is 48.7 Å². The van der Waals surface area contributed by atoms with Crippen molar-refractivity contribution < 1.29 is 4.74 Å². The number of morpholine rings is 1. The summed E-state index contributed by atoms with van der Waals surface area (Å²) in [7, 11) is 0. The number of rotatable bonds is 5. The fraction of sp³-hybridized carbons (Fsp3) is 0.500. The molecule has 3 aliphatic heterocycles. The summed E-state index contributed by atoms with van der Waals surface area (Å²) >= 11 is 0. The lowest BCUT2D eigenvalue weighted by atomic mass is 10.1. The fourth-order valence-electron chi connectivity index (χ4n) is 6.21. The third kappa shape index (κ3) is 5.64. The molecular weight excluding hydrogens is 488 g/mol. The van der Waals surface area contributed by atoms with Gasteiger partial charge in [-0.2, -0.15) is 5.26 Å². The normalized spacial score (nSPS) is 23.3. The van der Waals surface area contributed by atoms with Gasteiger partial charge in [0.1, 0.15) is 17.7 Å². The molecule has 3 fully saturated rings. The van der Waals surface area contributed by atoms with Crippen LogP contribution in [-0.4, -0.2) is 92.0 Å². The smallest absolute Gasteiger partial charge is 0.131 e. The number of ether oxygens (including phenoxy) is 1. The number of nitrogens with two attached hydrogens (primary N) is 1. The lowest BCUT2D eigenvalue weighted by molar-refractivity contribution is -0.0327. The zero-order chi connectivity index (χ0) is 26.8. The summed E-state index contributed by atoms with van der Waals surface area (Å²) in [6.07, 6.45) is 4.06. The maximum absolute atomic E-state index is 9.53. The first-order chi connectivity index (χ1) is 19.1. The number of nitriles is 1. The van der Waals surface area contributed by atoms with Crippen molar-refractivity contribution in [3.63, 3.8) is 0 Å². The molecule has 9 nitrogen and oxygen atoms in total. The molecule has 9 heteroatoms. The van der Waals surface area contributed by atoms with E-state index in [9.17, 15) is 5.26 Å². The number of hydrogen-bond acceptors (Lipinski definition) is 9. The average molecular weight is 527 g/mol. The van der Waals surface area contributed by atoms with Crippen molar-refractivity contribution in [1.82, 2.24) is 14.9 Å². The molecule has 5 heterocycles. The standard InChI is InChI=1S/C30H38N8O/c1-22-19-38(27-8-7-23(18-31)30-26(27)4-3-11-33-30)21-25(39-22)20-35-14-16-37(17-15-35)29-6-2-5-28(34-29)36-12-9-24(32)10-13-36/h2-8,11,22,24-25H,9-10,12-17,19-21,32H2,1H3/t22-,25+/m1/s1. The van der Waals surface area contributed by atoms with Crippen LogP contribution in [0.25, 0.3) is 10.9 Å². The van der Waals surface area contributed by atoms with Crippen LogP contribution in [0.5, 0.6) is 0 Å². The number of piperidine rings is 1. The molecule has 2 aromatic heterocycles. The van der Waals surface area contributed by atoms with E-state index in [1.165, 1.54) is 0 Å². The molecule has 204 valence electrons. The van der Waals surface area contributed by atoms with E-state index in [1.54, 1.807) is 6.20 Å². The second-order valence-corrected chi connectivity index (χ2v) is 11.1. The van der Waals surface area contributed by atoms with Crippen molar-refractivity contribution >= 4 is 28.2 Å². The molecular formula is C30H38N8O. The topological polar surface area (TPSA) is 97.8 Å². The first kappa shape index (κ1) is 25.8. The number of fused-ring (bicyclic) bond motifs is 1. The molecule has 6 rings (SSSR count). The summed E-state index contributed by atoms with van der Waals surface area (Å²) in [6, 6.07) is 17.0. The first-order valence-corrected chi connectivity index (χ1v) is 14.2. The number of piperazine rings is 1. The van der Waals surface area contributed by atoms with Gasteiger partial charge in [-0.1, -0.05) is 6.07 Å². The third-order valence-electron chi connectivity index (χ3n) is 8.28. The van der Waals surface area contributed by atoms with Crippen LogP contribution in [0.3, 0.4) is 0 Å². The van der Waals surface area contributed by atoms with Crippen molar-refractivity contribution in [1.29, 1.82) is 5.26 Å². The zero-order valence-corrected chi connectivity index (χ0v) is 22.7. The monoisotopic (exact) mass is 526 g/mol. The Morgan fingerprint density at radius 2 is 1.67 bits per heavy atom. The van der Waals surface area contributed by atoms with Crippen molar-refractivity contribution in [3.05, 3.63) is 54.2 Å². The zero-order valence-electron chi connectivity index (χ0n) is 22.7. The molecule has 0 saturated carbocycles. The summed E-state index contributed by atoms with van der Waals surface area (Å²) < 4.78 is 6.41. The number of hydrogen-bond donors (Lipinski definition) is 1. The maximum Gasteiger partial charge on any atom is 0.131 e. The Labute approximate surface area is 230 Å². The van der Waals surface area contributed by atoms with Crippen molar-refractivity contribution in [2.24, 2.45) is 5.73 Å². The quantitative estimate of drug-likeness (QED) is 0.538. The van der Waals surface area contributed by atoms with E-state index >= 15 is 0 Å². The van der Waals surface area contributed by atoms with E-state index in [1.807, 2.05) is 12.1 Å². The molecule has 0 spiro atoms. The van der Waals surface area contributed by atoms with Gasteiger partial charge >= 0.3 is 0 Å². The van der Waals surface area contributed by atoms with Crippen LogP contribution in [0.2, 0.25) is 0 Å². The van der Waals surface area contributed by atoms with Crippen molar-refractivity contribution in [3.8, 4) is 6.07 Å². The number of nitrogens with zero attached hydrogens (tertiary/aromatic N) is 7. The van der Waals surface area contributed by atoms with Gasteiger partial charge in [-0.3, -0.25) is 9.88 Å². The summed E-state index contributed by atoms with van der Waals surface area (Å²) in [6.45, 7) is 10.6. The van der Waals surface area contributed by atoms with Crippen LogP contribution in [0.4, 0.5) is 17.3 Å². The molecule has 3 saturated heterocycles. The number of anilines is 3. The third-order valence-corrected chi connectivity index (χ3v) is 8.28. The molecule has 2 N–H and O–H groups in total. The molecule has 0 unspecified atom stereocenters. The minimum absolute atomic E-state index is 0.120. The number of benzene rings is 1. The van der Waals surface area contributed by atoms with Crippen LogP contribution in [0, 0.1) is 11.3 Å². The molecule has 3 aliphatic rings. The predicted molar refractivity (Wildman–Crippen MR) is 155 cm³/mol. The van der Waals surface area contributed by atoms with E-state index in [0.717, 1.165) is 100.0 Å². The summed E-state index contributed by atoms with van der Waals surface area (Å²) in [5.41, 5.74) is 8.61. The number of pyridine rings is 2. The Morgan fingerprint density at radius 1 is 0.923 bits per heavy atom. The Balaban J connectivity index is 1.08. The molecule has 3 aromatic rings. The summed E-state index contributed by atoms with van der Waals surface area (Å²) in [4.78, 5) is 19.2. The minimum atomic E-state index is 0.120. The lowest BCUT2D eigenvalue weighted by Crippen LogP contribution is -2.54. The van der Waals surface area contributed by atoms with Gasteiger partial charge in [-0.25, -0.2) is 4.98 Å². The van der Waals surface area contributed by atoms with Crippen molar-refractivity contribution in [2.75, 3.05) is 73.6 Å². The molecule has 39 heavy (non-hydrogen) atoms. The van der Waals surface area contributed by atoms with Crippen LogP contribution in [-0.2, 0) is 4.74 Å². The lowest BCUT2D eigenvalue weighted by Gasteiger charge is -2.42. The highest BCUT2D eigenvalue weighted by molar-refractivity contribution is 5.95. The van der Waals surface area contributed by atoms with Gasteiger partial charge < -0.3 is 25.2 Å². The molecule has 1 aromatic carbocycles. The van der Waals surface area contributed by atoms with E-state index in [-0.39, 0.29) is 12.2 Å². The van der Waals surface area contributed by atoms with E-state index < -0.39 is 0 Å². The molecule has 0 amide bonds. The average Bonchev–Trinajstić information content (AvgIpc) is 2.97. The first-order valence-electron chi connectivity index (χ1n) is 14.2. The van der Waals surface area contributed by atoms with Gasteiger partial charge in [0, 0.05) is 82.2 Å². The van der Waals surface area contributed by atoms with Gasteiger partial charge in [0.25, 0.3) is 0 Å². The van der Waals surface area contributed by atoms with E-state index in [4.69, 9.17) is 15.5 Å². The highest BCUT2D eigenvalue weighted by Crippen LogP contribution is 2.30. The summed E-state index contributed by atoms with van der Waals surface area (Å²) in [5.74, 6) is 2.13. The summed E-state index contributed by atoms with van der Waals surface area (Å²) in [5, 5.41) is 10.6. The molecule has 0 aliphatic carbocycles. The SMILES string of the molecule is C[C@@H]1CN(c2ccc(C#N)c3ncccc23)C[C@H](CN2CCN(c3cccc(N4CCC(N)CC4)n3)CC2)O1. The van der Waals surface area contributed by atoms with Crippen LogP contribution < -0.4 is 20.4 Å². The van der Waals surface area contributed by atoms with Crippen molar-refractivity contribution in [2.45, 2.75) is 38.0 Å². The predicted octanol–water partition coefficient (Wildman–Crippen LogP) is 2.84. The second-order valence-electron chi connectivity index (χ2n) is 11.1. The number of aromatic nitrogens is 2. The molecule has 0 bridgehead atoms. The second kappa shape index (κ2) is 11.3. The fourth-order valence-corrected chi connectivity index (χ4v) is 6.21. The Bertz CT molecular complexity index is 1330. The van der Waals surface area contributed by atoms with Crippen LogP contribution >= 0.6 is 0 Å².